The molecule has 24 heavy (non-hydrogen) atoms. The van der Waals surface area contributed by atoms with Crippen molar-refractivity contribution >= 4 is 21.6 Å². The second kappa shape index (κ2) is 5.72. The molecule has 124 valence electrons. The molecule has 0 saturated heterocycles. The van der Waals surface area contributed by atoms with Crippen LogP contribution in [0.1, 0.15) is 28.7 Å². The van der Waals surface area contributed by atoms with Gasteiger partial charge in [-0.15, -0.1) is 0 Å². The minimum Gasteiger partial charge on any atom is -0.326 e. The SMILES string of the molecule is O=C1Cc2cc(CNS(=O)(=O)c3ccc4c(c3)CCC4)ccc2N1. The highest BCUT2D eigenvalue weighted by atomic mass is 32.2. The summed E-state index contributed by atoms with van der Waals surface area (Å²) >= 11 is 0. The summed E-state index contributed by atoms with van der Waals surface area (Å²) in [5.74, 6) is -0.0270. The number of fused-ring (bicyclic) bond motifs is 2. The molecule has 0 fully saturated rings. The lowest BCUT2D eigenvalue weighted by molar-refractivity contribution is -0.115. The lowest BCUT2D eigenvalue weighted by atomic mass is 10.1. The standard InChI is InChI=1S/C18H18N2O3S/c21-18-10-15-8-12(4-7-17(15)20-18)11-19-24(22,23)16-6-5-13-2-1-3-14(13)9-16/h4-9,19H,1-3,10-11H2,(H,20,21). The van der Waals surface area contributed by atoms with E-state index in [-0.39, 0.29) is 12.5 Å². The number of benzene rings is 2. The van der Waals surface area contributed by atoms with E-state index in [9.17, 15) is 13.2 Å². The van der Waals surface area contributed by atoms with Crippen LogP contribution in [0.4, 0.5) is 5.69 Å². The Bertz CT molecular complexity index is 935. The van der Waals surface area contributed by atoms with Crippen LogP contribution in [0.15, 0.2) is 41.3 Å². The van der Waals surface area contributed by atoms with Crippen LogP contribution < -0.4 is 10.0 Å². The summed E-state index contributed by atoms with van der Waals surface area (Å²) in [5.41, 5.74) is 4.96. The third-order valence-electron chi connectivity index (χ3n) is 4.64. The van der Waals surface area contributed by atoms with Gasteiger partial charge in [0.1, 0.15) is 0 Å². The molecule has 1 heterocycles. The summed E-state index contributed by atoms with van der Waals surface area (Å²) in [6.07, 6.45) is 3.42. The summed E-state index contributed by atoms with van der Waals surface area (Å²) < 4.78 is 27.7. The van der Waals surface area contributed by atoms with Crippen molar-refractivity contribution in [2.75, 3.05) is 5.32 Å². The second-order valence-electron chi connectivity index (χ2n) is 6.33. The highest BCUT2D eigenvalue weighted by molar-refractivity contribution is 7.89. The fourth-order valence-electron chi connectivity index (χ4n) is 3.37. The van der Waals surface area contributed by atoms with Gasteiger partial charge in [0.2, 0.25) is 15.9 Å². The van der Waals surface area contributed by atoms with Crippen molar-refractivity contribution in [3.8, 4) is 0 Å². The lowest BCUT2D eigenvalue weighted by Crippen LogP contribution is -2.23. The average Bonchev–Trinajstić information content (AvgIpc) is 3.16. The topological polar surface area (TPSA) is 75.3 Å². The van der Waals surface area contributed by atoms with Gasteiger partial charge in [-0.2, -0.15) is 0 Å². The highest BCUT2D eigenvalue weighted by Gasteiger charge is 2.20. The molecule has 0 saturated carbocycles. The molecule has 2 aromatic rings. The number of hydrogen-bond acceptors (Lipinski definition) is 3. The first-order valence-corrected chi connectivity index (χ1v) is 9.53. The van der Waals surface area contributed by atoms with Crippen molar-refractivity contribution in [2.45, 2.75) is 37.1 Å². The maximum atomic E-state index is 12.5. The van der Waals surface area contributed by atoms with Crippen LogP contribution >= 0.6 is 0 Å². The first-order chi connectivity index (χ1) is 11.5. The molecule has 2 N–H and O–H groups in total. The zero-order valence-corrected chi connectivity index (χ0v) is 13.9. The molecule has 1 amide bonds. The van der Waals surface area contributed by atoms with Crippen LogP contribution in [0.25, 0.3) is 0 Å². The molecule has 0 unspecified atom stereocenters. The van der Waals surface area contributed by atoms with E-state index < -0.39 is 10.0 Å². The molecule has 5 nitrogen and oxygen atoms in total. The molecular weight excluding hydrogens is 324 g/mol. The third kappa shape index (κ3) is 2.83. The Morgan fingerprint density at radius 2 is 1.83 bits per heavy atom. The molecule has 0 aromatic heterocycles. The molecule has 0 radical (unpaired) electrons. The van der Waals surface area contributed by atoms with Gasteiger partial charge in [0.25, 0.3) is 0 Å². The van der Waals surface area contributed by atoms with E-state index in [4.69, 9.17) is 0 Å². The van der Waals surface area contributed by atoms with Crippen LogP contribution in [0.3, 0.4) is 0 Å². The maximum Gasteiger partial charge on any atom is 0.240 e. The zero-order valence-electron chi connectivity index (χ0n) is 13.1. The summed E-state index contributed by atoms with van der Waals surface area (Å²) in [6, 6.07) is 10.9. The minimum absolute atomic E-state index is 0.0270. The first-order valence-electron chi connectivity index (χ1n) is 8.04. The Balaban J connectivity index is 1.51. The zero-order chi connectivity index (χ0) is 16.7. The molecule has 1 aliphatic heterocycles. The predicted octanol–water partition coefficient (Wildman–Crippen LogP) is 2.15. The highest BCUT2D eigenvalue weighted by Crippen LogP contribution is 2.26. The molecule has 6 heteroatoms. The van der Waals surface area contributed by atoms with E-state index in [1.54, 1.807) is 12.1 Å². The van der Waals surface area contributed by atoms with Crippen LogP contribution in [0, 0.1) is 0 Å². The predicted molar refractivity (Wildman–Crippen MR) is 91.3 cm³/mol. The number of aryl methyl sites for hydroxylation is 2. The number of carbonyl (C=O) groups is 1. The van der Waals surface area contributed by atoms with Gasteiger partial charge in [0, 0.05) is 12.2 Å². The van der Waals surface area contributed by atoms with Gasteiger partial charge in [-0.1, -0.05) is 18.2 Å². The summed E-state index contributed by atoms with van der Waals surface area (Å²) in [5, 5.41) is 2.77. The van der Waals surface area contributed by atoms with E-state index in [2.05, 4.69) is 10.0 Å². The fourth-order valence-corrected chi connectivity index (χ4v) is 4.44. The van der Waals surface area contributed by atoms with Crippen LogP contribution in [0.5, 0.6) is 0 Å². The molecular formula is C18H18N2O3S. The first kappa shape index (κ1) is 15.4. The van der Waals surface area contributed by atoms with Crippen LogP contribution in [0.2, 0.25) is 0 Å². The van der Waals surface area contributed by atoms with E-state index in [1.807, 2.05) is 24.3 Å². The quantitative estimate of drug-likeness (QED) is 0.894. The molecule has 0 atom stereocenters. The average molecular weight is 342 g/mol. The van der Waals surface area contributed by atoms with Crippen molar-refractivity contribution < 1.29 is 13.2 Å². The lowest BCUT2D eigenvalue weighted by Gasteiger charge is -2.09. The Labute approximate surface area is 141 Å². The Morgan fingerprint density at radius 1 is 1.00 bits per heavy atom. The smallest absolute Gasteiger partial charge is 0.240 e. The number of rotatable bonds is 4. The van der Waals surface area contributed by atoms with Crippen molar-refractivity contribution in [2.24, 2.45) is 0 Å². The molecule has 1 aliphatic carbocycles. The van der Waals surface area contributed by atoms with Crippen molar-refractivity contribution in [3.63, 3.8) is 0 Å². The minimum atomic E-state index is -3.54. The Hall–Kier alpha value is -2.18. The van der Waals surface area contributed by atoms with E-state index >= 15 is 0 Å². The van der Waals surface area contributed by atoms with Gasteiger partial charge in [-0.25, -0.2) is 13.1 Å². The van der Waals surface area contributed by atoms with Crippen molar-refractivity contribution in [3.05, 3.63) is 58.7 Å². The number of carbonyl (C=O) groups excluding carboxylic acids is 1. The van der Waals surface area contributed by atoms with Crippen LogP contribution in [-0.4, -0.2) is 14.3 Å². The van der Waals surface area contributed by atoms with Gasteiger partial charge >= 0.3 is 0 Å². The maximum absolute atomic E-state index is 12.5. The molecule has 0 spiro atoms. The largest absolute Gasteiger partial charge is 0.326 e. The number of amides is 1. The number of nitrogens with one attached hydrogen (secondary N) is 2. The summed E-state index contributed by atoms with van der Waals surface area (Å²) in [7, 11) is -3.54. The number of hydrogen-bond donors (Lipinski definition) is 2. The van der Waals surface area contributed by atoms with Gasteiger partial charge in [-0.05, 0) is 59.7 Å². The second-order valence-corrected chi connectivity index (χ2v) is 8.09. The van der Waals surface area contributed by atoms with E-state index in [0.717, 1.165) is 41.6 Å². The molecule has 2 aromatic carbocycles. The van der Waals surface area contributed by atoms with Gasteiger partial charge in [0.15, 0.2) is 0 Å². The van der Waals surface area contributed by atoms with Crippen LogP contribution in [-0.2, 0) is 40.6 Å². The Kier molecular flexibility index (Phi) is 3.66. The number of anilines is 1. The summed E-state index contributed by atoms with van der Waals surface area (Å²) in [6.45, 7) is 0.209. The number of sulfonamides is 1. The van der Waals surface area contributed by atoms with E-state index in [1.165, 1.54) is 5.56 Å². The van der Waals surface area contributed by atoms with Gasteiger partial charge in [0.05, 0.1) is 11.3 Å². The third-order valence-corrected chi connectivity index (χ3v) is 6.04. The summed E-state index contributed by atoms with van der Waals surface area (Å²) in [4.78, 5) is 11.7. The molecule has 4 rings (SSSR count). The fraction of sp³-hybridized carbons (Fsp3) is 0.278. The van der Waals surface area contributed by atoms with E-state index in [0.29, 0.717) is 11.3 Å². The van der Waals surface area contributed by atoms with Gasteiger partial charge in [-0.3, -0.25) is 4.79 Å². The van der Waals surface area contributed by atoms with Crippen molar-refractivity contribution in [1.29, 1.82) is 0 Å². The normalized spacial score (nSPS) is 15.9. The molecule has 0 bridgehead atoms. The van der Waals surface area contributed by atoms with Crippen molar-refractivity contribution in [1.82, 2.24) is 4.72 Å². The Morgan fingerprint density at radius 3 is 2.71 bits per heavy atom. The van der Waals surface area contributed by atoms with Gasteiger partial charge < -0.3 is 5.32 Å². The monoisotopic (exact) mass is 342 g/mol. The molecule has 2 aliphatic rings.